The Bertz CT molecular complexity index is 310. The van der Waals surface area contributed by atoms with Gasteiger partial charge in [-0.05, 0) is 37.8 Å². The van der Waals surface area contributed by atoms with E-state index < -0.39 is 0 Å². The fraction of sp³-hybridized carbons (Fsp3) is 0.524. The molecule has 0 saturated heterocycles. The lowest BCUT2D eigenvalue weighted by molar-refractivity contribution is 0.737. The minimum Gasteiger partial charge on any atom is -0.0991 e. The quantitative estimate of drug-likeness (QED) is 0.465. The summed E-state index contributed by atoms with van der Waals surface area (Å²) >= 11 is 0. The van der Waals surface area contributed by atoms with Gasteiger partial charge in [0.25, 0.3) is 0 Å². The predicted octanol–water partition coefficient (Wildman–Crippen LogP) is 7.68. The normalized spacial score (nSPS) is 7.38. The minimum absolute atomic E-state index is 0.833. The van der Waals surface area contributed by atoms with Crippen molar-refractivity contribution in [1.29, 1.82) is 0 Å². The maximum atomic E-state index is 3.36. The molecule has 0 unspecified atom stereocenters. The first-order chi connectivity index (χ1) is 9.84. The summed E-state index contributed by atoms with van der Waals surface area (Å²) in [7, 11) is 0. The molecule has 0 aliphatic carbocycles. The molecular weight excluding hydrogens is 252 g/mol. The Kier molecular flexibility index (Phi) is 31.6. The highest BCUT2D eigenvalue weighted by atomic mass is 13.9. The molecule has 1 aromatic carbocycles. The van der Waals surface area contributed by atoms with Crippen LogP contribution in [0.3, 0.4) is 0 Å². The second kappa shape index (κ2) is 23.8. The molecule has 0 aliphatic rings. The molecule has 0 amide bonds. The lowest BCUT2D eigenvalue weighted by Crippen LogP contribution is -1.79. The summed E-state index contributed by atoms with van der Waals surface area (Å²) in [5.41, 5.74) is 4.11. The Morgan fingerprint density at radius 3 is 1.29 bits per heavy atom. The topological polar surface area (TPSA) is 0 Å². The molecule has 0 heteroatoms. The first-order valence-electron chi connectivity index (χ1n) is 8.12. The molecule has 124 valence electrons. The van der Waals surface area contributed by atoms with E-state index in [1.807, 2.05) is 27.7 Å². The van der Waals surface area contributed by atoms with E-state index in [0.717, 1.165) is 5.92 Å². The fourth-order valence-corrected chi connectivity index (χ4v) is 0.891. The van der Waals surface area contributed by atoms with Crippen LogP contribution in [-0.2, 0) is 0 Å². The Morgan fingerprint density at radius 2 is 1.10 bits per heavy atom. The molecule has 0 saturated carbocycles. The van der Waals surface area contributed by atoms with Crippen LogP contribution < -0.4 is 0 Å². The van der Waals surface area contributed by atoms with Crippen LogP contribution in [0.2, 0.25) is 0 Å². The first kappa shape index (κ1) is 27.9. The second-order valence-electron chi connectivity index (χ2n) is 4.79. The Morgan fingerprint density at radius 1 is 0.762 bits per heavy atom. The van der Waals surface area contributed by atoms with E-state index in [1.165, 1.54) is 16.7 Å². The van der Waals surface area contributed by atoms with E-state index in [-0.39, 0.29) is 0 Å². The van der Waals surface area contributed by atoms with Crippen molar-refractivity contribution in [2.45, 2.75) is 69.2 Å². The second-order valence-corrected chi connectivity index (χ2v) is 4.79. The lowest BCUT2D eigenvalue weighted by atomic mass is 10.1. The molecule has 1 rings (SSSR count). The van der Waals surface area contributed by atoms with Crippen LogP contribution in [0, 0.1) is 26.7 Å². The molecule has 0 N–H and O–H groups in total. The third-order valence-electron chi connectivity index (χ3n) is 1.83. The van der Waals surface area contributed by atoms with E-state index in [0.29, 0.717) is 0 Å². The van der Waals surface area contributed by atoms with Crippen LogP contribution in [0.4, 0.5) is 0 Å². The Labute approximate surface area is 136 Å². The lowest BCUT2D eigenvalue weighted by Gasteiger charge is -1.98. The Hall–Kier alpha value is -1.30. The largest absolute Gasteiger partial charge is 0.0991 e. The van der Waals surface area contributed by atoms with Crippen molar-refractivity contribution in [2.75, 3.05) is 0 Å². The van der Waals surface area contributed by atoms with Crippen LogP contribution >= 0.6 is 0 Å². The van der Waals surface area contributed by atoms with Crippen LogP contribution in [0.1, 0.15) is 65.2 Å². The number of aryl methyl sites for hydroxylation is 3. The summed E-state index contributed by atoms with van der Waals surface area (Å²) in [6.45, 7) is 27.6. The molecule has 0 radical (unpaired) electrons. The first-order valence-corrected chi connectivity index (χ1v) is 8.12. The van der Waals surface area contributed by atoms with E-state index in [9.17, 15) is 0 Å². The number of rotatable bonds is 1. The van der Waals surface area contributed by atoms with E-state index in [2.05, 4.69) is 72.9 Å². The van der Waals surface area contributed by atoms with Gasteiger partial charge in [0.1, 0.15) is 0 Å². The molecule has 21 heavy (non-hydrogen) atoms. The van der Waals surface area contributed by atoms with Crippen LogP contribution in [0.5, 0.6) is 0 Å². The molecular formula is C21H40. The molecule has 0 heterocycles. The van der Waals surface area contributed by atoms with E-state index in [1.54, 1.807) is 12.2 Å². The van der Waals surface area contributed by atoms with Gasteiger partial charge in [-0.1, -0.05) is 97.5 Å². The zero-order chi connectivity index (χ0) is 17.8. The summed E-state index contributed by atoms with van der Waals surface area (Å²) in [6.07, 6.45) is 3.28. The van der Waals surface area contributed by atoms with Crippen molar-refractivity contribution in [2.24, 2.45) is 5.92 Å². The third-order valence-corrected chi connectivity index (χ3v) is 1.83. The maximum absolute atomic E-state index is 3.36. The van der Waals surface area contributed by atoms with Gasteiger partial charge in [0.2, 0.25) is 0 Å². The van der Waals surface area contributed by atoms with Gasteiger partial charge in [-0.25, -0.2) is 0 Å². The smallest absolute Gasteiger partial charge is 0.0395 e. The van der Waals surface area contributed by atoms with Crippen LogP contribution in [-0.4, -0.2) is 0 Å². The van der Waals surface area contributed by atoms with Gasteiger partial charge < -0.3 is 0 Å². The van der Waals surface area contributed by atoms with Gasteiger partial charge in [0.15, 0.2) is 0 Å². The summed E-state index contributed by atoms with van der Waals surface area (Å²) < 4.78 is 0. The van der Waals surface area contributed by atoms with Crippen molar-refractivity contribution in [1.82, 2.24) is 0 Å². The molecule has 0 aliphatic heterocycles. The highest BCUT2D eigenvalue weighted by Crippen LogP contribution is 2.07. The summed E-state index contributed by atoms with van der Waals surface area (Å²) in [4.78, 5) is 0. The highest BCUT2D eigenvalue weighted by Gasteiger charge is 1.89. The minimum atomic E-state index is 0.833. The fourth-order valence-electron chi connectivity index (χ4n) is 0.891. The van der Waals surface area contributed by atoms with Crippen molar-refractivity contribution in [3.63, 3.8) is 0 Å². The number of hydrogen-bond acceptors (Lipinski definition) is 0. The number of allylic oxidation sites excluding steroid dienone is 2. The van der Waals surface area contributed by atoms with Crippen molar-refractivity contribution in [3.05, 3.63) is 60.2 Å². The molecule has 0 fully saturated rings. The predicted molar refractivity (Wildman–Crippen MR) is 104 cm³/mol. The molecule has 0 aromatic heterocycles. The van der Waals surface area contributed by atoms with Gasteiger partial charge in [-0.3, -0.25) is 0 Å². The average Bonchev–Trinajstić information content (AvgIpc) is 2.47. The molecule has 0 spiro atoms. The van der Waals surface area contributed by atoms with Crippen molar-refractivity contribution < 1.29 is 0 Å². The van der Waals surface area contributed by atoms with Crippen molar-refractivity contribution >= 4 is 0 Å². The summed E-state index contributed by atoms with van der Waals surface area (Å²) in [5, 5.41) is 0. The van der Waals surface area contributed by atoms with E-state index in [4.69, 9.17) is 0 Å². The molecule has 1 aromatic rings. The van der Waals surface area contributed by atoms with Gasteiger partial charge in [-0.2, -0.15) is 0 Å². The monoisotopic (exact) mass is 292 g/mol. The summed E-state index contributed by atoms with van der Waals surface area (Å²) in [6, 6.07) is 6.50. The SMILES string of the molecule is C=CC=C.CC.CC.CC(C)C.Cc1ccc(C)c(C)c1. The average molecular weight is 293 g/mol. The Balaban J connectivity index is -0.000000103. The summed E-state index contributed by atoms with van der Waals surface area (Å²) in [5.74, 6) is 0.833. The van der Waals surface area contributed by atoms with E-state index >= 15 is 0 Å². The number of hydrogen-bond donors (Lipinski definition) is 0. The van der Waals surface area contributed by atoms with Gasteiger partial charge in [0.05, 0.1) is 0 Å². The zero-order valence-corrected chi connectivity index (χ0v) is 16.4. The van der Waals surface area contributed by atoms with Crippen LogP contribution in [0.25, 0.3) is 0 Å². The standard InChI is InChI=1S/C9H12.C4H10.C4H6.2C2H6/c1-7-4-5-8(2)9(3)6-7;1-4(2)3;1-3-4-2;2*1-2/h4-6H,1-3H3;4H,1-3H3;3-4H,1-2H2;2*1-2H3. The molecule has 0 nitrogen and oxygen atoms in total. The molecule has 0 atom stereocenters. The van der Waals surface area contributed by atoms with Gasteiger partial charge >= 0.3 is 0 Å². The zero-order valence-electron chi connectivity index (χ0n) is 16.4. The maximum Gasteiger partial charge on any atom is -0.0395 e. The van der Waals surface area contributed by atoms with Gasteiger partial charge in [0, 0.05) is 0 Å². The third kappa shape index (κ3) is 32.3. The van der Waals surface area contributed by atoms with Gasteiger partial charge in [-0.15, -0.1) is 0 Å². The number of benzene rings is 1. The highest BCUT2D eigenvalue weighted by molar-refractivity contribution is 5.28. The van der Waals surface area contributed by atoms with Crippen molar-refractivity contribution in [3.8, 4) is 0 Å². The van der Waals surface area contributed by atoms with Crippen LogP contribution in [0.15, 0.2) is 43.5 Å². The molecule has 0 bridgehead atoms.